The second-order valence-corrected chi connectivity index (χ2v) is 2.57. The smallest absolute Gasteiger partial charge is 0.151 e. The molecule has 0 unspecified atom stereocenters. The number of benzene rings is 1. The number of hydrogen-bond donors (Lipinski definition) is 0. The lowest BCUT2D eigenvalue weighted by Gasteiger charge is -2.04. The summed E-state index contributed by atoms with van der Waals surface area (Å²) in [6, 6.07) is 2.81. The third-order valence-electron chi connectivity index (χ3n) is 1.83. The van der Waals surface area contributed by atoms with Crippen LogP contribution in [0.25, 0.3) is 0 Å². The van der Waals surface area contributed by atoms with Gasteiger partial charge in [0.1, 0.15) is 5.75 Å². The Balaban J connectivity index is 3.46. The largest absolute Gasteiger partial charge is 0.497 e. The Morgan fingerprint density at radius 3 is 1.79 bits per heavy atom. The van der Waals surface area contributed by atoms with Crippen LogP contribution in [0.4, 0.5) is 0 Å². The molecule has 0 aliphatic rings. The van der Waals surface area contributed by atoms with E-state index in [2.05, 4.69) is 0 Å². The molecule has 1 aromatic carbocycles. The Hall–Kier alpha value is -1.97. The van der Waals surface area contributed by atoms with Crippen LogP contribution in [0, 0.1) is 0 Å². The zero-order valence-corrected chi connectivity index (χ0v) is 7.52. The molecule has 0 spiro atoms. The van der Waals surface area contributed by atoms with Crippen LogP contribution in [0.5, 0.6) is 5.75 Å². The van der Waals surface area contributed by atoms with Crippen molar-refractivity contribution >= 4 is 18.9 Å². The summed E-state index contributed by atoms with van der Waals surface area (Å²) in [6.07, 6.45) is 1.51. The fourth-order valence-electron chi connectivity index (χ4n) is 1.12. The molecule has 0 bridgehead atoms. The molecule has 0 saturated carbocycles. The minimum absolute atomic E-state index is 0.0933. The highest BCUT2D eigenvalue weighted by Crippen LogP contribution is 2.19. The van der Waals surface area contributed by atoms with Crippen molar-refractivity contribution in [3.05, 3.63) is 28.8 Å². The molecule has 0 saturated heterocycles. The van der Waals surface area contributed by atoms with Crippen LogP contribution < -0.4 is 4.74 Å². The second-order valence-electron chi connectivity index (χ2n) is 2.57. The monoisotopic (exact) mass is 192 g/mol. The van der Waals surface area contributed by atoms with Crippen molar-refractivity contribution in [1.29, 1.82) is 0 Å². The van der Waals surface area contributed by atoms with Gasteiger partial charge in [-0.15, -0.1) is 0 Å². The van der Waals surface area contributed by atoms with Gasteiger partial charge in [-0.25, -0.2) is 0 Å². The van der Waals surface area contributed by atoms with Gasteiger partial charge in [-0.3, -0.25) is 14.4 Å². The maximum absolute atomic E-state index is 10.6. The van der Waals surface area contributed by atoms with Gasteiger partial charge in [0, 0.05) is 16.7 Å². The number of ether oxygens (including phenoxy) is 1. The zero-order chi connectivity index (χ0) is 10.6. The van der Waals surface area contributed by atoms with Crippen LogP contribution >= 0.6 is 0 Å². The molecule has 0 aliphatic heterocycles. The Labute approximate surface area is 80.5 Å². The van der Waals surface area contributed by atoms with E-state index in [1.807, 2.05) is 0 Å². The van der Waals surface area contributed by atoms with Gasteiger partial charge in [-0.05, 0) is 12.1 Å². The van der Waals surface area contributed by atoms with Gasteiger partial charge < -0.3 is 4.74 Å². The molecule has 0 radical (unpaired) electrons. The van der Waals surface area contributed by atoms with Crippen LogP contribution in [-0.2, 0) is 0 Å². The van der Waals surface area contributed by atoms with Crippen molar-refractivity contribution in [2.45, 2.75) is 0 Å². The Bertz CT molecular complexity index is 353. The predicted molar refractivity (Wildman–Crippen MR) is 49.2 cm³/mol. The molecule has 0 aliphatic carbocycles. The summed E-state index contributed by atoms with van der Waals surface area (Å²) in [5.74, 6) is 0.375. The predicted octanol–water partition coefficient (Wildman–Crippen LogP) is 1.13. The molecule has 1 aromatic rings. The van der Waals surface area contributed by atoms with E-state index in [1.54, 1.807) is 0 Å². The average Bonchev–Trinajstić information content (AvgIpc) is 2.26. The fourth-order valence-corrected chi connectivity index (χ4v) is 1.12. The fraction of sp³-hybridized carbons (Fsp3) is 0.100. The first-order chi connectivity index (χ1) is 6.76. The number of aldehydes is 3. The van der Waals surface area contributed by atoms with Crippen LogP contribution in [0.15, 0.2) is 12.1 Å². The molecule has 0 fully saturated rings. The summed E-state index contributed by atoms with van der Waals surface area (Å²) >= 11 is 0. The summed E-state index contributed by atoms with van der Waals surface area (Å²) in [5.41, 5.74) is 0.402. The number of carbonyl (C=O) groups excluding carboxylic acids is 3. The summed E-state index contributed by atoms with van der Waals surface area (Å²) in [4.78, 5) is 31.8. The van der Waals surface area contributed by atoms with Crippen molar-refractivity contribution in [3.8, 4) is 5.75 Å². The van der Waals surface area contributed by atoms with Crippen molar-refractivity contribution in [2.75, 3.05) is 7.11 Å². The van der Waals surface area contributed by atoms with Crippen molar-refractivity contribution < 1.29 is 19.1 Å². The third-order valence-corrected chi connectivity index (χ3v) is 1.83. The molecular formula is C10H8O4. The first kappa shape index (κ1) is 10.1. The van der Waals surface area contributed by atoms with Crippen molar-refractivity contribution in [2.24, 2.45) is 0 Å². The quantitative estimate of drug-likeness (QED) is 0.671. The summed E-state index contributed by atoms with van der Waals surface area (Å²) in [5, 5.41) is 0. The number of rotatable bonds is 4. The maximum atomic E-state index is 10.6. The molecule has 14 heavy (non-hydrogen) atoms. The standard InChI is InChI=1S/C10H8O4/c1-14-9-2-7(4-11)10(6-13)8(3-9)5-12/h2-6H,1H3. The molecule has 0 N–H and O–H groups in total. The summed E-state index contributed by atoms with van der Waals surface area (Å²) in [6.45, 7) is 0. The Morgan fingerprint density at radius 2 is 1.50 bits per heavy atom. The molecular weight excluding hydrogens is 184 g/mol. The average molecular weight is 192 g/mol. The number of methoxy groups -OCH3 is 1. The zero-order valence-electron chi connectivity index (χ0n) is 7.52. The van der Waals surface area contributed by atoms with Crippen molar-refractivity contribution in [3.63, 3.8) is 0 Å². The van der Waals surface area contributed by atoms with Gasteiger partial charge >= 0.3 is 0 Å². The van der Waals surface area contributed by atoms with E-state index in [1.165, 1.54) is 19.2 Å². The molecule has 4 nitrogen and oxygen atoms in total. The van der Waals surface area contributed by atoms with E-state index in [0.29, 0.717) is 24.6 Å². The highest BCUT2D eigenvalue weighted by molar-refractivity contribution is 5.98. The highest BCUT2D eigenvalue weighted by Gasteiger charge is 2.09. The molecule has 1 rings (SSSR count). The van der Waals surface area contributed by atoms with Gasteiger partial charge in [-0.1, -0.05) is 0 Å². The van der Waals surface area contributed by atoms with Crippen LogP contribution in [-0.4, -0.2) is 26.0 Å². The molecule has 72 valence electrons. The molecule has 0 heterocycles. The minimum Gasteiger partial charge on any atom is -0.497 e. The van der Waals surface area contributed by atoms with E-state index in [4.69, 9.17) is 4.74 Å². The van der Waals surface area contributed by atoms with Gasteiger partial charge in [-0.2, -0.15) is 0 Å². The minimum atomic E-state index is 0.0933. The van der Waals surface area contributed by atoms with E-state index >= 15 is 0 Å². The van der Waals surface area contributed by atoms with Gasteiger partial charge in [0.25, 0.3) is 0 Å². The van der Waals surface area contributed by atoms with Gasteiger partial charge in [0.2, 0.25) is 0 Å². The molecule has 4 heteroatoms. The Morgan fingerprint density at radius 1 is 1.00 bits per heavy atom. The van der Waals surface area contributed by atoms with Gasteiger partial charge in [0.05, 0.1) is 7.11 Å². The second kappa shape index (κ2) is 4.32. The SMILES string of the molecule is COc1cc(C=O)c(C=O)c(C=O)c1. The normalized spacial score (nSPS) is 9.21. The summed E-state index contributed by atoms with van der Waals surface area (Å²) in [7, 11) is 1.42. The molecule has 0 aromatic heterocycles. The van der Waals surface area contributed by atoms with E-state index in [-0.39, 0.29) is 16.7 Å². The lowest BCUT2D eigenvalue weighted by atomic mass is 10.0. The third kappa shape index (κ3) is 1.69. The highest BCUT2D eigenvalue weighted by atomic mass is 16.5. The Kier molecular flexibility index (Phi) is 3.12. The maximum Gasteiger partial charge on any atom is 0.151 e. The van der Waals surface area contributed by atoms with Crippen molar-refractivity contribution in [1.82, 2.24) is 0 Å². The van der Waals surface area contributed by atoms with E-state index in [9.17, 15) is 14.4 Å². The van der Waals surface area contributed by atoms with Crippen LogP contribution in [0.1, 0.15) is 31.1 Å². The van der Waals surface area contributed by atoms with Gasteiger partial charge in [0.15, 0.2) is 18.9 Å². The topological polar surface area (TPSA) is 60.4 Å². The summed E-state index contributed by atoms with van der Waals surface area (Å²) < 4.78 is 4.86. The van der Waals surface area contributed by atoms with Crippen LogP contribution in [0.3, 0.4) is 0 Å². The number of carbonyl (C=O) groups is 3. The van der Waals surface area contributed by atoms with Crippen LogP contribution in [0.2, 0.25) is 0 Å². The number of hydrogen-bond acceptors (Lipinski definition) is 4. The first-order valence-corrected chi connectivity index (χ1v) is 3.84. The van der Waals surface area contributed by atoms with E-state index in [0.717, 1.165) is 0 Å². The molecule has 0 atom stereocenters. The lowest BCUT2D eigenvalue weighted by molar-refractivity contribution is 0.108. The first-order valence-electron chi connectivity index (χ1n) is 3.84. The lowest BCUT2D eigenvalue weighted by Crippen LogP contribution is -1.99. The molecule has 0 amide bonds. The van der Waals surface area contributed by atoms with E-state index < -0.39 is 0 Å².